The first-order chi connectivity index (χ1) is 8.74. The molecule has 90 valence electrons. The third kappa shape index (κ3) is 1.92. The average molecular weight is 306 g/mol. The summed E-state index contributed by atoms with van der Waals surface area (Å²) in [6.45, 7) is 2.00. The molecule has 2 aromatic heterocycles. The van der Waals surface area contributed by atoms with Crippen LogP contribution < -0.4 is 0 Å². The molecule has 1 N–H and O–H groups in total. The highest BCUT2D eigenvalue weighted by Gasteiger charge is 2.14. The van der Waals surface area contributed by atoms with Crippen molar-refractivity contribution in [2.75, 3.05) is 0 Å². The van der Waals surface area contributed by atoms with Gasteiger partial charge in [-0.3, -0.25) is 5.10 Å². The standard InChI is InChI=1S/C11H8BrN5O/c1-6-2-3-8(12)7(4-6)11-15-10(17-18-11)9-13-5-14-16-9/h2-5H,1H3,(H,13,14,16). The number of hydrogen-bond donors (Lipinski definition) is 1. The summed E-state index contributed by atoms with van der Waals surface area (Å²) in [7, 11) is 0. The van der Waals surface area contributed by atoms with E-state index in [1.165, 1.54) is 6.33 Å². The van der Waals surface area contributed by atoms with E-state index in [2.05, 4.69) is 41.3 Å². The van der Waals surface area contributed by atoms with E-state index in [1.807, 2.05) is 25.1 Å². The van der Waals surface area contributed by atoms with Crippen molar-refractivity contribution in [3.8, 4) is 23.1 Å². The number of aromatic amines is 1. The van der Waals surface area contributed by atoms with Crippen molar-refractivity contribution < 1.29 is 4.52 Å². The van der Waals surface area contributed by atoms with Crippen LogP contribution in [0.3, 0.4) is 0 Å². The number of nitrogens with one attached hydrogen (secondary N) is 1. The third-order valence-corrected chi connectivity index (χ3v) is 3.10. The smallest absolute Gasteiger partial charge is 0.259 e. The third-order valence-electron chi connectivity index (χ3n) is 2.41. The second kappa shape index (κ2) is 4.34. The zero-order valence-corrected chi connectivity index (χ0v) is 11.0. The summed E-state index contributed by atoms with van der Waals surface area (Å²) >= 11 is 3.46. The predicted molar refractivity (Wildman–Crippen MR) is 67.5 cm³/mol. The number of aryl methyl sites for hydroxylation is 1. The molecule has 0 aliphatic heterocycles. The van der Waals surface area contributed by atoms with Crippen molar-refractivity contribution in [1.29, 1.82) is 0 Å². The summed E-state index contributed by atoms with van der Waals surface area (Å²) in [6.07, 6.45) is 1.40. The Morgan fingerprint density at radius 1 is 1.33 bits per heavy atom. The van der Waals surface area contributed by atoms with Gasteiger partial charge in [-0.1, -0.05) is 16.8 Å². The van der Waals surface area contributed by atoms with Gasteiger partial charge < -0.3 is 4.52 Å². The Kier molecular flexibility index (Phi) is 2.67. The number of hydrogen-bond acceptors (Lipinski definition) is 5. The quantitative estimate of drug-likeness (QED) is 0.787. The largest absolute Gasteiger partial charge is 0.333 e. The van der Waals surface area contributed by atoms with Crippen LogP contribution in [0.1, 0.15) is 5.56 Å². The predicted octanol–water partition coefficient (Wildman–Crippen LogP) is 2.59. The SMILES string of the molecule is Cc1ccc(Br)c(-c2nc(-c3ncn[nH]3)no2)c1. The van der Waals surface area contributed by atoms with Crippen LogP contribution in [-0.2, 0) is 0 Å². The number of halogens is 1. The first-order valence-electron chi connectivity index (χ1n) is 5.20. The minimum Gasteiger partial charge on any atom is -0.333 e. The van der Waals surface area contributed by atoms with Gasteiger partial charge in [0.05, 0.1) is 5.56 Å². The molecule has 2 heterocycles. The van der Waals surface area contributed by atoms with Gasteiger partial charge in [0.2, 0.25) is 5.82 Å². The van der Waals surface area contributed by atoms with Gasteiger partial charge in [0.25, 0.3) is 5.89 Å². The topological polar surface area (TPSA) is 80.5 Å². The number of nitrogens with zero attached hydrogens (tertiary/aromatic N) is 4. The summed E-state index contributed by atoms with van der Waals surface area (Å²) in [5.41, 5.74) is 1.97. The monoisotopic (exact) mass is 305 g/mol. The van der Waals surface area contributed by atoms with Crippen molar-refractivity contribution in [1.82, 2.24) is 25.3 Å². The second-order valence-corrected chi connectivity index (χ2v) is 4.59. The Morgan fingerprint density at radius 2 is 2.22 bits per heavy atom. The molecule has 7 heteroatoms. The van der Waals surface area contributed by atoms with Gasteiger partial charge >= 0.3 is 0 Å². The summed E-state index contributed by atoms with van der Waals surface area (Å²) in [4.78, 5) is 8.25. The molecule has 0 fully saturated rings. The average Bonchev–Trinajstić information content (AvgIpc) is 3.00. The van der Waals surface area contributed by atoms with E-state index >= 15 is 0 Å². The Labute approximate surface area is 111 Å². The van der Waals surface area contributed by atoms with E-state index < -0.39 is 0 Å². The van der Waals surface area contributed by atoms with Gasteiger partial charge in [0.15, 0.2) is 5.82 Å². The lowest BCUT2D eigenvalue weighted by molar-refractivity contribution is 0.431. The molecular weight excluding hydrogens is 298 g/mol. The zero-order chi connectivity index (χ0) is 12.5. The summed E-state index contributed by atoms with van der Waals surface area (Å²) in [6, 6.07) is 5.92. The van der Waals surface area contributed by atoms with Crippen molar-refractivity contribution in [3.05, 3.63) is 34.6 Å². The van der Waals surface area contributed by atoms with Gasteiger partial charge in [0.1, 0.15) is 6.33 Å². The molecule has 1 aromatic carbocycles. The first-order valence-corrected chi connectivity index (χ1v) is 5.99. The lowest BCUT2D eigenvalue weighted by Crippen LogP contribution is -1.85. The van der Waals surface area contributed by atoms with E-state index in [-0.39, 0.29) is 0 Å². The molecule has 3 aromatic rings. The second-order valence-electron chi connectivity index (χ2n) is 3.74. The highest BCUT2D eigenvalue weighted by Crippen LogP contribution is 2.28. The van der Waals surface area contributed by atoms with Gasteiger partial charge in [0, 0.05) is 4.47 Å². The summed E-state index contributed by atoms with van der Waals surface area (Å²) in [5.74, 6) is 1.31. The lowest BCUT2D eigenvalue weighted by Gasteiger charge is -1.99. The molecule has 0 aliphatic carbocycles. The molecule has 0 amide bonds. The highest BCUT2D eigenvalue weighted by atomic mass is 79.9. The van der Waals surface area contributed by atoms with Crippen LogP contribution in [-0.4, -0.2) is 25.3 Å². The van der Waals surface area contributed by atoms with Crippen LogP contribution in [0.4, 0.5) is 0 Å². The van der Waals surface area contributed by atoms with Crippen molar-refractivity contribution in [2.45, 2.75) is 6.92 Å². The van der Waals surface area contributed by atoms with Gasteiger partial charge in [-0.15, -0.1) is 0 Å². The van der Waals surface area contributed by atoms with Crippen LogP contribution in [0.2, 0.25) is 0 Å². The number of H-pyrrole nitrogens is 1. The van der Waals surface area contributed by atoms with Crippen molar-refractivity contribution >= 4 is 15.9 Å². The molecule has 0 bridgehead atoms. The molecule has 18 heavy (non-hydrogen) atoms. The molecule has 0 spiro atoms. The molecule has 3 rings (SSSR count). The van der Waals surface area contributed by atoms with Crippen LogP contribution in [0.25, 0.3) is 23.1 Å². The van der Waals surface area contributed by atoms with Crippen molar-refractivity contribution in [2.24, 2.45) is 0 Å². The van der Waals surface area contributed by atoms with E-state index in [9.17, 15) is 0 Å². The van der Waals surface area contributed by atoms with E-state index in [1.54, 1.807) is 0 Å². The van der Waals surface area contributed by atoms with Crippen molar-refractivity contribution in [3.63, 3.8) is 0 Å². The summed E-state index contributed by atoms with van der Waals surface area (Å²) < 4.78 is 6.14. The first kappa shape index (κ1) is 11.1. The Balaban J connectivity index is 2.05. The molecule has 0 radical (unpaired) electrons. The molecular formula is C11H8BrN5O. The van der Waals surface area contributed by atoms with Gasteiger partial charge in [-0.2, -0.15) is 10.1 Å². The Hall–Kier alpha value is -2.02. The molecule has 0 atom stereocenters. The minimum atomic E-state index is 0.385. The fourth-order valence-corrected chi connectivity index (χ4v) is 1.96. The number of benzene rings is 1. The molecule has 6 nitrogen and oxygen atoms in total. The van der Waals surface area contributed by atoms with Gasteiger partial charge in [-0.05, 0) is 35.0 Å². The summed E-state index contributed by atoms with van der Waals surface area (Å²) in [5, 5.41) is 10.3. The normalized spacial score (nSPS) is 10.8. The van der Waals surface area contributed by atoms with Crippen LogP contribution in [0.15, 0.2) is 33.5 Å². The lowest BCUT2D eigenvalue weighted by atomic mass is 10.1. The molecule has 0 saturated carbocycles. The minimum absolute atomic E-state index is 0.385. The maximum absolute atomic E-state index is 5.23. The fraction of sp³-hybridized carbons (Fsp3) is 0.0909. The van der Waals surface area contributed by atoms with Crippen LogP contribution >= 0.6 is 15.9 Å². The Bertz CT molecular complexity index is 677. The maximum atomic E-state index is 5.23. The molecule has 0 unspecified atom stereocenters. The maximum Gasteiger partial charge on any atom is 0.259 e. The van der Waals surface area contributed by atoms with Gasteiger partial charge in [-0.25, -0.2) is 4.98 Å². The zero-order valence-electron chi connectivity index (χ0n) is 9.38. The fourth-order valence-electron chi connectivity index (χ4n) is 1.55. The van der Waals surface area contributed by atoms with E-state index in [0.29, 0.717) is 17.5 Å². The van der Waals surface area contributed by atoms with Crippen LogP contribution in [0, 0.1) is 6.92 Å². The number of aromatic nitrogens is 5. The van der Waals surface area contributed by atoms with Crippen LogP contribution in [0.5, 0.6) is 0 Å². The molecule has 0 saturated heterocycles. The number of rotatable bonds is 2. The highest BCUT2D eigenvalue weighted by molar-refractivity contribution is 9.10. The Morgan fingerprint density at radius 3 is 3.00 bits per heavy atom. The molecule has 0 aliphatic rings. The van der Waals surface area contributed by atoms with E-state index in [0.717, 1.165) is 15.6 Å². The van der Waals surface area contributed by atoms with E-state index in [4.69, 9.17) is 4.52 Å².